The van der Waals surface area contributed by atoms with Gasteiger partial charge in [-0.2, -0.15) is 0 Å². The lowest BCUT2D eigenvalue weighted by Crippen LogP contribution is -2.41. The summed E-state index contributed by atoms with van der Waals surface area (Å²) >= 11 is 0. The Balaban J connectivity index is 2.20. The van der Waals surface area contributed by atoms with Crippen LogP contribution < -0.4 is 5.32 Å². The molecule has 0 fully saturated rings. The minimum atomic E-state index is -0.293. The summed E-state index contributed by atoms with van der Waals surface area (Å²) in [5.74, 6) is 0. The minimum absolute atomic E-state index is 0.133. The molecule has 0 aliphatic carbocycles. The highest BCUT2D eigenvalue weighted by Crippen LogP contribution is 2.38. The van der Waals surface area contributed by atoms with Gasteiger partial charge in [0.25, 0.3) is 0 Å². The van der Waals surface area contributed by atoms with Crippen LogP contribution in [0.2, 0.25) is 0 Å². The standard InChI is InChI=1S/C22H23NO/c24-17-16-23-18-22(19-10-4-1-5-11-19,20-12-6-2-7-13-20)21-14-8-3-9-15-21/h1-15,23-24H,16-18H2. The summed E-state index contributed by atoms with van der Waals surface area (Å²) in [5.41, 5.74) is 3.44. The third-order valence-corrected chi connectivity index (χ3v) is 4.48. The van der Waals surface area contributed by atoms with E-state index in [1.807, 2.05) is 18.2 Å². The number of hydrogen-bond donors (Lipinski definition) is 2. The topological polar surface area (TPSA) is 32.3 Å². The van der Waals surface area contributed by atoms with Crippen molar-refractivity contribution in [3.63, 3.8) is 0 Å². The molecule has 0 amide bonds. The summed E-state index contributed by atoms with van der Waals surface area (Å²) in [6.45, 7) is 1.44. The van der Waals surface area contributed by atoms with Gasteiger partial charge in [-0.25, -0.2) is 0 Å². The first-order valence-electron chi connectivity index (χ1n) is 8.36. The highest BCUT2D eigenvalue weighted by atomic mass is 16.3. The van der Waals surface area contributed by atoms with Gasteiger partial charge in [0.1, 0.15) is 0 Å². The van der Waals surface area contributed by atoms with Crippen molar-refractivity contribution < 1.29 is 5.11 Å². The molecule has 3 rings (SSSR count). The van der Waals surface area contributed by atoms with Crippen LogP contribution in [0.25, 0.3) is 0 Å². The van der Waals surface area contributed by atoms with E-state index in [1.165, 1.54) is 16.7 Å². The van der Waals surface area contributed by atoms with Gasteiger partial charge in [0.15, 0.2) is 0 Å². The first-order chi connectivity index (χ1) is 11.9. The van der Waals surface area contributed by atoms with E-state index in [0.717, 1.165) is 6.54 Å². The van der Waals surface area contributed by atoms with Crippen molar-refractivity contribution in [2.75, 3.05) is 19.7 Å². The molecule has 0 aliphatic rings. The van der Waals surface area contributed by atoms with Gasteiger partial charge < -0.3 is 10.4 Å². The molecule has 0 spiro atoms. The maximum absolute atomic E-state index is 9.21. The van der Waals surface area contributed by atoms with Gasteiger partial charge in [-0.3, -0.25) is 0 Å². The molecule has 3 aromatic rings. The van der Waals surface area contributed by atoms with E-state index in [-0.39, 0.29) is 12.0 Å². The van der Waals surface area contributed by atoms with Crippen molar-refractivity contribution in [2.45, 2.75) is 5.41 Å². The monoisotopic (exact) mass is 317 g/mol. The van der Waals surface area contributed by atoms with Crippen LogP contribution in [0.15, 0.2) is 91.0 Å². The highest BCUT2D eigenvalue weighted by molar-refractivity contribution is 5.50. The molecule has 0 saturated heterocycles. The second-order valence-corrected chi connectivity index (χ2v) is 5.90. The zero-order chi connectivity index (χ0) is 16.7. The second kappa shape index (κ2) is 7.91. The molecule has 24 heavy (non-hydrogen) atoms. The predicted molar refractivity (Wildman–Crippen MR) is 99.2 cm³/mol. The Kier molecular flexibility index (Phi) is 5.42. The molecule has 0 bridgehead atoms. The fourth-order valence-corrected chi connectivity index (χ4v) is 3.33. The number of benzene rings is 3. The van der Waals surface area contributed by atoms with Crippen molar-refractivity contribution in [1.29, 1.82) is 0 Å². The molecular formula is C22H23NO. The summed E-state index contributed by atoms with van der Waals surface area (Å²) in [7, 11) is 0. The maximum atomic E-state index is 9.21. The Bertz CT molecular complexity index is 629. The lowest BCUT2D eigenvalue weighted by Gasteiger charge is -2.36. The fourth-order valence-electron chi connectivity index (χ4n) is 3.33. The zero-order valence-electron chi connectivity index (χ0n) is 13.7. The molecular weight excluding hydrogens is 294 g/mol. The van der Waals surface area contributed by atoms with Gasteiger partial charge in [-0.1, -0.05) is 91.0 Å². The van der Waals surface area contributed by atoms with Crippen LogP contribution >= 0.6 is 0 Å². The van der Waals surface area contributed by atoms with Crippen LogP contribution in [0.4, 0.5) is 0 Å². The Labute approximate surface area is 143 Å². The molecule has 0 radical (unpaired) electrons. The Morgan fingerprint density at radius 1 is 0.625 bits per heavy atom. The molecule has 0 aromatic heterocycles. The van der Waals surface area contributed by atoms with E-state index in [9.17, 15) is 5.11 Å². The van der Waals surface area contributed by atoms with Crippen LogP contribution in [-0.4, -0.2) is 24.8 Å². The lowest BCUT2D eigenvalue weighted by atomic mass is 9.69. The number of rotatable bonds is 7. The first-order valence-corrected chi connectivity index (χ1v) is 8.36. The molecule has 0 aliphatic heterocycles. The van der Waals surface area contributed by atoms with Crippen LogP contribution in [-0.2, 0) is 5.41 Å². The van der Waals surface area contributed by atoms with Crippen LogP contribution in [0.1, 0.15) is 16.7 Å². The van der Waals surface area contributed by atoms with Crippen molar-refractivity contribution in [1.82, 2.24) is 5.32 Å². The second-order valence-electron chi connectivity index (χ2n) is 5.90. The molecule has 0 heterocycles. The third-order valence-electron chi connectivity index (χ3n) is 4.48. The van der Waals surface area contributed by atoms with Crippen LogP contribution in [0.5, 0.6) is 0 Å². The molecule has 2 heteroatoms. The molecule has 3 aromatic carbocycles. The molecule has 122 valence electrons. The van der Waals surface area contributed by atoms with Crippen LogP contribution in [0.3, 0.4) is 0 Å². The number of hydrogen-bond acceptors (Lipinski definition) is 2. The molecule has 0 atom stereocenters. The normalized spacial score (nSPS) is 11.4. The van der Waals surface area contributed by atoms with Crippen molar-refractivity contribution in [3.05, 3.63) is 108 Å². The average molecular weight is 317 g/mol. The van der Waals surface area contributed by atoms with Gasteiger partial charge in [0, 0.05) is 13.1 Å². The van der Waals surface area contributed by atoms with Crippen molar-refractivity contribution >= 4 is 0 Å². The SMILES string of the molecule is OCCNCC(c1ccccc1)(c1ccccc1)c1ccccc1. The van der Waals surface area contributed by atoms with Gasteiger partial charge in [0.2, 0.25) is 0 Å². The van der Waals surface area contributed by atoms with Crippen molar-refractivity contribution in [2.24, 2.45) is 0 Å². The number of aliphatic hydroxyl groups excluding tert-OH is 1. The number of nitrogens with one attached hydrogen (secondary N) is 1. The van der Waals surface area contributed by atoms with E-state index in [0.29, 0.717) is 6.54 Å². The quantitative estimate of drug-likeness (QED) is 0.515. The van der Waals surface area contributed by atoms with Gasteiger partial charge in [-0.15, -0.1) is 0 Å². The molecule has 0 saturated carbocycles. The summed E-state index contributed by atoms with van der Waals surface area (Å²) in [6, 6.07) is 31.7. The smallest absolute Gasteiger partial charge is 0.0575 e. The molecule has 2 nitrogen and oxygen atoms in total. The number of aliphatic hydroxyl groups is 1. The van der Waals surface area contributed by atoms with E-state index in [1.54, 1.807) is 0 Å². The predicted octanol–water partition coefficient (Wildman–Crippen LogP) is 3.60. The van der Waals surface area contributed by atoms with E-state index in [2.05, 4.69) is 78.1 Å². The molecule has 2 N–H and O–H groups in total. The van der Waals surface area contributed by atoms with E-state index < -0.39 is 0 Å². The van der Waals surface area contributed by atoms with Crippen molar-refractivity contribution in [3.8, 4) is 0 Å². The zero-order valence-corrected chi connectivity index (χ0v) is 13.7. The van der Waals surface area contributed by atoms with E-state index in [4.69, 9.17) is 0 Å². The van der Waals surface area contributed by atoms with Gasteiger partial charge in [0.05, 0.1) is 12.0 Å². The summed E-state index contributed by atoms with van der Waals surface area (Å²) < 4.78 is 0. The Hall–Kier alpha value is -2.42. The molecule has 0 unspecified atom stereocenters. The lowest BCUT2D eigenvalue weighted by molar-refractivity contribution is 0.289. The van der Waals surface area contributed by atoms with Crippen LogP contribution in [0, 0.1) is 0 Å². The Morgan fingerprint density at radius 3 is 1.33 bits per heavy atom. The highest BCUT2D eigenvalue weighted by Gasteiger charge is 2.35. The summed E-state index contributed by atoms with van der Waals surface area (Å²) in [6.07, 6.45) is 0. The maximum Gasteiger partial charge on any atom is 0.0575 e. The third kappa shape index (κ3) is 3.25. The fraction of sp³-hybridized carbons (Fsp3) is 0.182. The largest absolute Gasteiger partial charge is 0.395 e. The van der Waals surface area contributed by atoms with Gasteiger partial charge >= 0.3 is 0 Å². The average Bonchev–Trinajstić information content (AvgIpc) is 2.68. The minimum Gasteiger partial charge on any atom is -0.395 e. The summed E-state index contributed by atoms with van der Waals surface area (Å²) in [5, 5.41) is 12.6. The van der Waals surface area contributed by atoms with Gasteiger partial charge in [-0.05, 0) is 16.7 Å². The Morgan fingerprint density at radius 2 is 1.00 bits per heavy atom. The summed E-state index contributed by atoms with van der Waals surface area (Å²) in [4.78, 5) is 0. The first kappa shape index (κ1) is 16.4. The van der Waals surface area contributed by atoms with E-state index >= 15 is 0 Å².